The van der Waals surface area contributed by atoms with Crippen molar-refractivity contribution >= 4 is 27.3 Å². The molecule has 1 aromatic carbocycles. The molecule has 0 spiro atoms. The Labute approximate surface area is 105 Å². The van der Waals surface area contributed by atoms with Crippen LogP contribution in [0.4, 0.5) is 11.4 Å². The van der Waals surface area contributed by atoms with Gasteiger partial charge >= 0.3 is 0 Å². The summed E-state index contributed by atoms with van der Waals surface area (Å²) in [6.07, 6.45) is 0.263. The minimum absolute atomic E-state index is 0.263. The van der Waals surface area contributed by atoms with Crippen LogP contribution >= 0.6 is 15.9 Å². The largest absolute Gasteiger partial charge is 0.397 e. The molecule has 1 aromatic rings. The van der Waals surface area contributed by atoms with Crippen molar-refractivity contribution in [3.8, 4) is 0 Å². The molecule has 1 aliphatic rings. The lowest BCUT2D eigenvalue weighted by atomic mass is 10.1. The van der Waals surface area contributed by atoms with Gasteiger partial charge in [0.2, 0.25) is 0 Å². The molecular weight excluding hydrogens is 268 g/mol. The van der Waals surface area contributed by atoms with E-state index < -0.39 is 0 Å². The van der Waals surface area contributed by atoms with Gasteiger partial charge in [-0.25, -0.2) is 0 Å². The lowest BCUT2D eigenvalue weighted by Crippen LogP contribution is -2.47. The van der Waals surface area contributed by atoms with Gasteiger partial charge in [0, 0.05) is 17.1 Å². The molecule has 0 bridgehead atoms. The Morgan fingerprint density at radius 1 is 1.44 bits per heavy atom. The van der Waals surface area contributed by atoms with Crippen molar-refractivity contribution in [2.24, 2.45) is 0 Å². The number of rotatable bonds is 1. The first kappa shape index (κ1) is 11.7. The highest BCUT2D eigenvalue weighted by Crippen LogP contribution is 2.30. The van der Waals surface area contributed by atoms with Crippen molar-refractivity contribution in [3.05, 3.63) is 22.7 Å². The van der Waals surface area contributed by atoms with E-state index >= 15 is 0 Å². The number of hydrogen-bond donors (Lipinski definition) is 1. The highest BCUT2D eigenvalue weighted by atomic mass is 79.9. The molecule has 88 valence electrons. The van der Waals surface area contributed by atoms with Gasteiger partial charge in [0.1, 0.15) is 0 Å². The monoisotopic (exact) mass is 284 g/mol. The third-order valence-corrected chi connectivity index (χ3v) is 3.40. The van der Waals surface area contributed by atoms with Gasteiger partial charge in [-0.05, 0) is 32.0 Å². The van der Waals surface area contributed by atoms with Gasteiger partial charge in [-0.3, -0.25) is 0 Å². The van der Waals surface area contributed by atoms with Gasteiger partial charge in [-0.15, -0.1) is 0 Å². The molecule has 0 aromatic heterocycles. The van der Waals surface area contributed by atoms with Crippen LogP contribution in [-0.2, 0) is 4.74 Å². The fourth-order valence-corrected chi connectivity index (χ4v) is 2.40. The molecule has 1 saturated heterocycles. The van der Waals surface area contributed by atoms with Gasteiger partial charge in [-0.2, -0.15) is 0 Å². The first-order valence-electron chi connectivity index (χ1n) is 5.51. The molecule has 0 radical (unpaired) electrons. The van der Waals surface area contributed by atoms with E-state index in [0.717, 1.165) is 29.0 Å². The summed E-state index contributed by atoms with van der Waals surface area (Å²) in [6.45, 7) is 5.91. The number of nitrogens with zero attached hydrogens (tertiary/aromatic N) is 1. The van der Waals surface area contributed by atoms with E-state index in [0.29, 0.717) is 6.04 Å². The van der Waals surface area contributed by atoms with Crippen molar-refractivity contribution in [2.75, 3.05) is 23.8 Å². The van der Waals surface area contributed by atoms with Crippen LogP contribution in [-0.4, -0.2) is 25.3 Å². The highest BCUT2D eigenvalue weighted by Gasteiger charge is 2.24. The second-order valence-electron chi connectivity index (χ2n) is 4.35. The van der Waals surface area contributed by atoms with E-state index in [1.165, 1.54) is 0 Å². The molecule has 3 nitrogen and oxygen atoms in total. The number of ether oxygens (including phenoxy) is 1. The summed E-state index contributed by atoms with van der Waals surface area (Å²) in [6, 6.07) is 6.41. The summed E-state index contributed by atoms with van der Waals surface area (Å²) in [5, 5.41) is 0. The molecule has 1 aliphatic heterocycles. The standard InChI is InChI=1S/C12H17BrN2O/c1-8-7-16-9(2)6-15(8)12-4-3-10(13)5-11(12)14/h3-5,8-9H,6-7,14H2,1-2H3. The lowest BCUT2D eigenvalue weighted by molar-refractivity contribution is 0.0344. The van der Waals surface area contributed by atoms with E-state index in [-0.39, 0.29) is 6.10 Å². The molecule has 16 heavy (non-hydrogen) atoms. The first-order valence-corrected chi connectivity index (χ1v) is 6.30. The van der Waals surface area contributed by atoms with Crippen LogP contribution in [0.15, 0.2) is 22.7 Å². The molecule has 0 amide bonds. The minimum Gasteiger partial charge on any atom is -0.397 e. The van der Waals surface area contributed by atoms with Crippen LogP contribution in [0, 0.1) is 0 Å². The number of anilines is 2. The van der Waals surface area contributed by atoms with Crippen molar-refractivity contribution in [2.45, 2.75) is 26.0 Å². The van der Waals surface area contributed by atoms with Crippen LogP contribution in [0.1, 0.15) is 13.8 Å². The number of nitrogen functional groups attached to an aromatic ring is 1. The molecule has 2 N–H and O–H groups in total. The second kappa shape index (κ2) is 4.63. The molecule has 1 heterocycles. The van der Waals surface area contributed by atoms with Gasteiger partial charge in [0.05, 0.1) is 24.1 Å². The van der Waals surface area contributed by atoms with E-state index in [1.54, 1.807) is 0 Å². The van der Waals surface area contributed by atoms with Crippen molar-refractivity contribution in [3.63, 3.8) is 0 Å². The zero-order valence-electron chi connectivity index (χ0n) is 9.61. The topological polar surface area (TPSA) is 38.5 Å². The van der Waals surface area contributed by atoms with E-state index in [1.807, 2.05) is 12.1 Å². The Morgan fingerprint density at radius 3 is 2.88 bits per heavy atom. The van der Waals surface area contributed by atoms with E-state index in [9.17, 15) is 0 Å². The third kappa shape index (κ3) is 2.33. The summed E-state index contributed by atoms with van der Waals surface area (Å²) in [4.78, 5) is 2.32. The summed E-state index contributed by atoms with van der Waals surface area (Å²) in [7, 11) is 0. The van der Waals surface area contributed by atoms with Gasteiger partial charge < -0.3 is 15.4 Å². The molecule has 2 atom stereocenters. The van der Waals surface area contributed by atoms with Crippen LogP contribution in [0.2, 0.25) is 0 Å². The summed E-state index contributed by atoms with van der Waals surface area (Å²) >= 11 is 3.42. The van der Waals surface area contributed by atoms with Crippen molar-refractivity contribution in [1.29, 1.82) is 0 Å². The predicted octanol–water partition coefficient (Wildman–Crippen LogP) is 2.64. The van der Waals surface area contributed by atoms with Crippen LogP contribution < -0.4 is 10.6 Å². The zero-order valence-corrected chi connectivity index (χ0v) is 11.2. The highest BCUT2D eigenvalue weighted by molar-refractivity contribution is 9.10. The quantitative estimate of drug-likeness (QED) is 0.806. The number of benzene rings is 1. The van der Waals surface area contributed by atoms with Crippen LogP contribution in [0.25, 0.3) is 0 Å². The van der Waals surface area contributed by atoms with Gasteiger partial charge in [0.15, 0.2) is 0 Å². The van der Waals surface area contributed by atoms with Gasteiger partial charge in [0.25, 0.3) is 0 Å². The molecule has 1 fully saturated rings. The van der Waals surface area contributed by atoms with Gasteiger partial charge in [-0.1, -0.05) is 15.9 Å². The number of nitrogens with two attached hydrogens (primary N) is 1. The van der Waals surface area contributed by atoms with Crippen molar-refractivity contribution < 1.29 is 4.74 Å². The normalized spacial score (nSPS) is 25.8. The Hall–Kier alpha value is -0.740. The number of hydrogen-bond acceptors (Lipinski definition) is 3. The maximum Gasteiger partial charge on any atom is 0.0723 e. The number of morpholine rings is 1. The average Bonchev–Trinajstić information content (AvgIpc) is 2.22. The SMILES string of the molecule is CC1CN(c2ccc(Br)cc2N)C(C)CO1. The zero-order chi connectivity index (χ0) is 11.7. The van der Waals surface area contributed by atoms with E-state index in [4.69, 9.17) is 10.5 Å². The van der Waals surface area contributed by atoms with Crippen molar-refractivity contribution in [1.82, 2.24) is 0 Å². The molecule has 0 aliphatic carbocycles. The molecule has 4 heteroatoms. The summed E-state index contributed by atoms with van der Waals surface area (Å²) < 4.78 is 6.63. The summed E-state index contributed by atoms with van der Waals surface area (Å²) in [5.74, 6) is 0. The molecular formula is C12H17BrN2O. The lowest BCUT2D eigenvalue weighted by Gasteiger charge is -2.39. The second-order valence-corrected chi connectivity index (χ2v) is 5.26. The molecule has 0 saturated carbocycles. The Bertz CT molecular complexity index is 383. The van der Waals surface area contributed by atoms with E-state index in [2.05, 4.69) is 40.7 Å². The maximum atomic E-state index is 6.05. The van der Waals surface area contributed by atoms with Crippen LogP contribution in [0.5, 0.6) is 0 Å². The fourth-order valence-electron chi connectivity index (χ4n) is 2.03. The Kier molecular flexibility index (Phi) is 3.40. The smallest absolute Gasteiger partial charge is 0.0723 e. The maximum absolute atomic E-state index is 6.05. The summed E-state index contributed by atoms with van der Waals surface area (Å²) in [5.41, 5.74) is 7.97. The Balaban J connectivity index is 2.28. The fraction of sp³-hybridized carbons (Fsp3) is 0.500. The third-order valence-electron chi connectivity index (χ3n) is 2.91. The first-order chi connectivity index (χ1) is 7.58. The Morgan fingerprint density at radius 2 is 2.19 bits per heavy atom. The predicted molar refractivity (Wildman–Crippen MR) is 70.8 cm³/mol. The molecule has 2 unspecified atom stereocenters. The minimum atomic E-state index is 0.263. The molecule has 2 rings (SSSR count). The number of halogens is 1. The average molecular weight is 285 g/mol. The van der Waals surface area contributed by atoms with Crippen LogP contribution in [0.3, 0.4) is 0 Å².